The Bertz CT molecular complexity index is 1110. The Morgan fingerprint density at radius 2 is 1.91 bits per heavy atom. The summed E-state index contributed by atoms with van der Waals surface area (Å²) < 4.78 is 2.16. The second kappa shape index (κ2) is 11.7. The number of nitrogens with zero attached hydrogens (tertiary/aromatic N) is 4. The fourth-order valence-electron chi connectivity index (χ4n) is 4.39. The van der Waals surface area contributed by atoms with Gasteiger partial charge in [-0.25, -0.2) is 0 Å². The summed E-state index contributed by atoms with van der Waals surface area (Å²) >= 11 is 6.68. The van der Waals surface area contributed by atoms with Crippen LogP contribution in [0, 0.1) is 18.3 Å². The lowest BCUT2D eigenvalue weighted by Gasteiger charge is -2.26. The largest absolute Gasteiger partial charge is 0.481 e. The molecule has 1 aromatic rings. The first-order valence-electron chi connectivity index (χ1n) is 11.7. The third-order valence-corrected chi connectivity index (χ3v) is 7.50. The van der Waals surface area contributed by atoms with Crippen molar-refractivity contribution in [2.45, 2.75) is 65.3 Å². The maximum atomic E-state index is 13.2. The van der Waals surface area contributed by atoms with Crippen molar-refractivity contribution in [3.63, 3.8) is 0 Å². The van der Waals surface area contributed by atoms with Crippen molar-refractivity contribution in [3.8, 4) is 6.07 Å². The standard InChI is InChI=1S/C24H30N4O4S2/c1-3-10-27-21(26-11-7-8-12-26)17(16(2)18(15-25)22(27)31)14-19-23(32)28(24(33)34-19)13-6-4-5-9-20(29)30/h14H,3-13H2,1-2H3,(H,29,30)/b19-14-. The molecular formula is C24H30N4O4S2. The van der Waals surface area contributed by atoms with Gasteiger partial charge in [-0.05, 0) is 50.7 Å². The predicted molar refractivity (Wildman–Crippen MR) is 138 cm³/mol. The van der Waals surface area contributed by atoms with E-state index in [4.69, 9.17) is 17.3 Å². The Hall–Kier alpha value is -2.64. The van der Waals surface area contributed by atoms with E-state index in [1.165, 1.54) is 11.8 Å². The highest BCUT2D eigenvalue weighted by molar-refractivity contribution is 8.26. The molecule has 1 aromatic heterocycles. The van der Waals surface area contributed by atoms with Crippen LogP contribution in [0.5, 0.6) is 0 Å². The van der Waals surface area contributed by atoms with E-state index in [0.717, 1.165) is 43.7 Å². The average molecular weight is 503 g/mol. The van der Waals surface area contributed by atoms with Crippen molar-refractivity contribution in [2.24, 2.45) is 0 Å². The number of carboxylic acid groups (broad SMARTS) is 1. The zero-order valence-electron chi connectivity index (χ0n) is 19.6. The van der Waals surface area contributed by atoms with Gasteiger partial charge in [0.2, 0.25) is 0 Å². The lowest BCUT2D eigenvalue weighted by Crippen LogP contribution is -2.33. The maximum absolute atomic E-state index is 13.2. The van der Waals surface area contributed by atoms with E-state index < -0.39 is 5.97 Å². The number of anilines is 1. The van der Waals surface area contributed by atoms with Gasteiger partial charge in [0, 0.05) is 38.2 Å². The summed E-state index contributed by atoms with van der Waals surface area (Å²) in [6.07, 6.45) is 6.65. The molecule has 3 heterocycles. The summed E-state index contributed by atoms with van der Waals surface area (Å²) in [5.41, 5.74) is 1.14. The highest BCUT2D eigenvalue weighted by Gasteiger charge is 2.33. The number of aliphatic carboxylic acids is 1. The van der Waals surface area contributed by atoms with Crippen LogP contribution in [0.15, 0.2) is 9.70 Å². The molecule has 0 unspecified atom stereocenters. The molecule has 0 radical (unpaired) electrons. The summed E-state index contributed by atoms with van der Waals surface area (Å²) in [4.78, 5) is 41.2. The topological polar surface area (TPSA) is 107 Å². The number of hydrogen-bond acceptors (Lipinski definition) is 7. The molecule has 2 aliphatic rings. The summed E-state index contributed by atoms with van der Waals surface area (Å²) in [5, 5.41) is 18.5. The molecular weight excluding hydrogens is 472 g/mol. The minimum Gasteiger partial charge on any atom is -0.481 e. The van der Waals surface area contributed by atoms with Crippen molar-refractivity contribution in [2.75, 3.05) is 24.5 Å². The second-order valence-corrected chi connectivity index (χ2v) is 10.2. The molecule has 10 heteroatoms. The molecule has 1 N–H and O–H groups in total. The molecule has 182 valence electrons. The van der Waals surface area contributed by atoms with Gasteiger partial charge in [-0.3, -0.25) is 23.9 Å². The Morgan fingerprint density at radius 1 is 1.21 bits per heavy atom. The molecule has 0 saturated carbocycles. The molecule has 1 amide bonds. The number of carboxylic acids is 1. The highest BCUT2D eigenvalue weighted by Crippen LogP contribution is 2.36. The van der Waals surface area contributed by atoms with Crippen LogP contribution in [-0.4, -0.2) is 50.4 Å². The number of thiocarbonyl (C=S) groups is 1. The number of nitriles is 1. The molecule has 8 nitrogen and oxygen atoms in total. The Kier molecular flexibility index (Phi) is 8.91. The number of carbonyl (C=O) groups excluding carboxylic acids is 1. The van der Waals surface area contributed by atoms with Crippen LogP contribution in [-0.2, 0) is 16.1 Å². The van der Waals surface area contributed by atoms with Gasteiger partial charge in [0.15, 0.2) is 0 Å². The number of carbonyl (C=O) groups is 2. The van der Waals surface area contributed by atoms with E-state index in [0.29, 0.717) is 47.1 Å². The van der Waals surface area contributed by atoms with Crippen molar-refractivity contribution < 1.29 is 14.7 Å². The minimum atomic E-state index is -0.820. The molecule has 2 aliphatic heterocycles. The first kappa shape index (κ1) is 26.0. The van der Waals surface area contributed by atoms with Crippen LogP contribution in [0.3, 0.4) is 0 Å². The lowest BCUT2D eigenvalue weighted by atomic mass is 10.0. The summed E-state index contributed by atoms with van der Waals surface area (Å²) in [6, 6.07) is 2.07. The molecule has 2 fully saturated rings. The molecule has 0 atom stereocenters. The fraction of sp³-hybridized carbons (Fsp3) is 0.542. The zero-order valence-corrected chi connectivity index (χ0v) is 21.3. The van der Waals surface area contributed by atoms with E-state index in [1.807, 2.05) is 6.92 Å². The van der Waals surface area contributed by atoms with Gasteiger partial charge in [-0.1, -0.05) is 37.3 Å². The SMILES string of the molecule is CCCn1c(N2CCCC2)c(/C=C2\SC(=S)N(CCCCCC(=O)O)C2=O)c(C)c(C#N)c1=O. The monoisotopic (exact) mass is 502 g/mol. The average Bonchev–Trinajstić information content (AvgIpc) is 3.41. The van der Waals surface area contributed by atoms with E-state index in [-0.39, 0.29) is 23.5 Å². The van der Waals surface area contributed by atoms with Gasteiger partial charge in [0.1, 0.15) is 21.8 Å². The van der Waals surface area contributed by atoms with Crippen molar-refractivity contribution in [1.82, 2.24) is 9.47 Å². The number of thioether (sulfide) groups is 1. The zero-order chi connectivity index (χ0) is 24.8. The lowest BCUT2D eigenvalue weighted by molar-refractivity contribution is -0.137. The summed E-state index contributed by atoms with van der Waals surface area (Å²) in [6.45, 7) is 6.35. The summed E-state index contributed by atoms with van der Waals surface area (Å²) in [5.74, 6) is -0.231. The third kappa shape index (κ3) is 5.53. The van der Waals surface area contributed by atoms with Crippen LogP contribution in [0.25, 0.3) is 6.08 Å². The molecule has 0 spiro atoms. The number of amides is 1. The van der Waals surface area contributed by atoms with E-state index in [1.54, 1.807) is 22.5 Å². The quantitative estimate of drug-likeness (QED) is 0.292. The van der Waals surface area contributed by atoms with Crippen molar-refractivity contribution in [3.05, 3.63) is 31.9 Å². The first-order valence-corrected chi connectivity index (χ1v) is 12.9. The first-order chi connectivity index (χ1) is 16.3. The number of aromatic nitrogens is 1. The molecule has 2 saturated heterocycles. The molecule has 3 rings (SSSR count). The number of pyridine rings is 1. The predicted octanol–water partition coefficient (Wildman–Crippen LogP) is 3.88. The van der Waals surface area contributed by atoms with Gasteiger partial charge < -0.3 is 10.0 Å². The van der Waals surface area contributed by atoms with Crippen LogP contribution < -0.4 is 10.5 Å². The highest BCUT2D eigenvalue weighted by atomic mass is 32.2. The van der Waals surface area contributed by atoms with Crippen LogP contribution in [0.4, 0.5) is 5.82 Å². The Morgan fingerprint density at radius 3 is 2.53 bits per heavy atom. The second-order valence-electron chi connectivity index (χ2n) is 8.54. The molecule has 0 aromatic carbocycles. The van der Waals surface area contributed by atoms with Crippen molar-refractivity contribution in [1.29, 1.82) is 5.26 Å². The van der Waals surface area contributed by atoms with E-state index >= 15 is 0 Å². The molecule has 0 aliphatic carbocycles. The van der Waals surface area contributed by atoms with Gasteiger partial charge in [-0.2, -0.15) is 5.26 Å². The smallest absolute Gasteiger partial charge is 0.303 e. The van der Waals surface area contributed by atoms with E-state index in [9.17, 15) is 19.6 Å². The number of hydrogen-bond donors (Lipinski definition) is 1. The van der Waals surface area contributed by atoms with Crippen LogP contribution in [0.1, 0.15) is 68.6 Å². The van der Waals surface area contributed by atoms with Gasteiger partial charge in [-0.15, -0.1) is 0 Å². The minimum absolute atomic E-state index is 0.108. The van der Waals surface area contributed by atoms with Crippen LogP contribution in [0.2, 0.25) is 0 Å². The fourth-order valence-corrected chi connectivity index (χ4v) is 5.68. The number of unbranched alkanes of at least 4 members (excludes halogenated alkanes) is 2. The van der Waals surface area contributed by atoms with Gasteiger partial charge >= 0.3 is 5.97 Å². The molecule has 34 heavy (non-hydrogen) atoms. The summed E-state index contributed by atoms with van der Waals surface area (Å²) in [7, 11) is 0. The Balaban J connectivity index is 1.96. The number of rotatable bonds is 10. The van der Waals surface area contributed by atoms with Gasteiger partial charge in [0.05, 0.1) is 4.91 Å². The maximum Gasteiger partial charge on any atom is 0.303 e. The third-order valence-electron chi connectivity index (χ3n) is 6.12. The van der Waals surface area contributed by atoms with E-state index in [2.05, 4.69) is 11.0 Å². The van der Waals surface area contributed by atoms with Gasteiger partial charge in [0.25, 0.3) is 11.5 Å². The molecule has 0 bridgehead atoms. The van der Waals surface area contributed by atoms with Crippen molar-refractivity contribution >= 4 is 52.1 Å². The van der Waals surface area contributed by atoms with Crippen LogP contribution >= 0.6 is 24.0 Å². The Labute approximate surface area is 209 Å². The normalized spacial score (nSPS) is 17.1.